The molecule has 5 nitrogen and oxygen atoms in total. The molecule has 0 spiro atoms. The van der Waals surface area contributed by atoms with Crippen molar-refractivity contribution in [1.82, 2.24) is 9.55 Å². The van der Waals surface area contributed by atoms with Gasteiger partial charge >= 0.3 is 0 Å². The topological polar surface area (TPSA) is 67.2 Å². The first-order chi connectivity index (χ1) is 11.2. The zero-order chi connectivity index (χ0) is 15.8. The molecule has 23 heavy (non-hydrogen) atoms. The number of hydrogen-bond donors (Lipinski definition) is 2. The van der Waals surface area contributed by atoms with Crippen molar-refractivity contribution in [3.05, 3.63) is 54.6 Å². The summed E-state index contributed by atoms with van der Waals surface area (Å²) in [5.74, 6) is 1.12. The lowest BCUT2D eigenvalue weighted by atomic mass is 9.96. The number of phenols is 1. The number of nitrogens with one attached hydrogen (secondary N) is 1. The van der Waals surface area contributed by atoms with Crippen molar-refractivity contribution < 1.29 is 9.90 Å². The number of fused-ring (bicyclic) bond motifs is 2. The third kappa shape index (κ3) is 2.44. The Bertz CT molecular complexity index is 885. The molecule has 1 aromatic heterocycles. The molecule has 2 heterocycles. The maximum Gasteiger partial charge on any atom is 0.228 e. The monoisotopic (exact) mass is 307 g/mol. The zero-order valence-corrected chi connectivity index (χ0v) is 12.6. The van der Waals surface area contributed by atoms with Crippen molar-refractivity contribution in [2.75, 3.05) is 5.32 Å². The van der Waals surface area contributed by atoms with Crippen LogP contribution in [0.15, 0.2) is 48.8 Å². The number of amides is 1. The van der Waals surface area contributed by atoms with E-state index in [9.17, 15) is 9.90 Å². The number of carbonyl (C=O) groups excluding carboxylic acids is 1. The van der Waals surface area contributed by atoms with Crippen molar-refractivity contribution in [3.63, 3.8) is 0 Å². The van der Waals surface area contributed by atoms with E-state index in [4.69, 9.17) is 0 Å². The molecule has 1 atom stereocenters. The number of rotatable bonds is 2. The predicted molar refractivity (Wildman–Crippen MR) is 88.3 cm³/mol. The van der Waals surface area contributed by atoms with Gasteiger partial charge in [0.05, 0.1) is 0 Å². The molecular weight excluding hydrogens is 290 g/mol. The quantitative estimate of drug-likeness (QED) is 0.765. The number of hydrogen-bond acceptors (Lipinski definition) is 3. The molecule has 1 amide bonds. The van der Waals surface area contributed by atoms with Gasteiger partial charge in [0.25, 0.3) is 0 Å². The standard InChI is InChI=1S/C18H17N3O2/c22-16-6-2-3-13-14(16)4-1-5-15(13)20-18(23)12-7-9-21-10-8-19-17(21)11-12/h1-6,8,10,12,22H,7,9,11H2,(H,20,23). The van der Waals surface area contributed by atoms with E-state index in [2.05, 4.69) is 14.9 Å². The lowest BCUT2D eigenvalue weighted by Gasteiger charge is -2.23. The van der Waals surface area contributed by atoms with Crippen LogP contribution >= 0.6 is 0 Å². The molecular formula is C18H17N3O2. The Hall–Kier alpha value is -2.82. The Morgan fingerprint density at radius 2 is 2.04 bits per heavy atom. The molecule has 0 radical (unpaired) electrons. The normalized spacial score (nSPS) is 17.0. The highest BCUT2D eigenvalue weighted by molar-refractivity contribution is 6.04. The van der Waals surface area contributed by atoms with Crippen LogP contribution in [0.3, 0.4) is 0 Å². The third-order valence-corrected chi connectivity index (χ3v) is 4.48. The number of aryl methyl sites for hydroxylation is 1. The lowest BCUT2D eigenvalue weighted by molar-refractivity contribution is -0.120. The number of imidazole rings is 1. The van der Waals surface area contributed by atoms with Crippen molar-refractivity contribution in [3.8, 4) is 5.75 Å². The van der Waals surface area contributed by atoms with E-state index in [-0.39, 0.29) is 17.6 Å². The van der Waals surface area contributed by atoms with Gasteiger partial charge in [-0.05, 0) is 18.6 Å². The molecule has 2 N–H and O–H groups in total. The molecule has 0 fully saturated rings. The van der Waals surface area contributed by atoms with E-state index < -0.39 is 0 Å². The highest BCUT2D eigenvalue weighted by atomic mass is 16.3. The number of carbonyl (C=O) groups is 1. The fourth-order valence-electron chi connectivity index (χ4n) is 3.21. The highest BCUT2D eigenvalue weighted by Gasteiger charge is 2.25. The van der Waals surface area contributed by atoms with E-state index >= 15 is 0 Å². The van der Waals surface area contributed by atoms with Gasteiger partial charge in [-0.15, -0.1) is 0 Å². The Labute approximate surface area is 133 Å². The Kier molecular flexibility index (Phi) is 3.26. The molecule has 0 saturated carbocycles. The Morgan fingerprint density at radius 3 is 2.96 bits per heavy atom. The summed E-state index contributed by atoms with van der Waals surface area (Å²) in [4.78, 5) is 16.9. The van der Waals surface area contributed by atoms with Crippen LogP contribution in [0.4, 0.5) is 5.69 Å². The molecule has 1 aliphatic rings. The molecule has 5 heteroatoms. The molecule has 0 bridgehead atoms. The van der Waals surface area contributed by atoms with E-state index in [1.54, 1.807) is 18.3 Å². The van der Waals surface area contributed by atoms with Crippen molar-refractivity contribution >= 4 is 22.4 Å². The average molecular weight is 307 g/mol. The summed E-state index contributed by atoms with van der Waals surface area (Å²) < 4.78 is 2.10. The zero-order valence-electron chi connectivity index (χ0n) is 12.6. The molecule has 4 rings (SSSR count). The van der Waals surface area contributed by atoms with E-state index in [0.717, 1.165) is 35.2 Å². The number of aromatic nitrogens is 2. The fourth-order valence-corrected chi connectivity index (χ4v) is 3.21. The van der Waals surface area contributed by atoms with Crippen LogP contribution in [0.1, 0.15) is 12.2 Å². The largest absolute Gasteiger partial charge is 0.507 e. The van der Waals surface area contributed by atoms with E-state index in [1.807, 2.05) is 30.5 Å². The summed E-state index contributed by atoms with van der Waals surface area (Å²) in [5.41, 5.74) is 0.734. The van der Waals surface area contributed by atoms with Gasteiger partial charge in [0.2, 0.25) is 5.91 Å². The summed E-state index contributed by atoms with van der Waals surface area (Å²) in [6, 6.07) is 10.9. The van der Waals surface area contributed by atoms with Crippen LogP contribution < -0.4 is 5.32 Å². The van der Waals surface area contributed by atoms with Crippen molar-refractivity contribution in [2.24, 2.45) is 5.92 Å². The van der Waals surface area contributed by atoms with Crippen LogP contribution in [0, 0.1) is 5.92 Å². The maximum atomic E-state index is 12.6. The van der Waals surface area contributed by atoms with Gasteiger partial charge in [-0.25, -0.2) is 4.98 Å². The first-order valence-electron chi connectivity index (χ1n) is 7.74. The molecule has 3 aromatic rings. The SMILES string of the molecule is O=C(Nc1cccc2c(O)cccc12)C1CCn2ccnc2C1. The second-order valence-corrected chi connectivity index (χ2v) is 5.89. The van der Waals surface area contributed by atoms with Crippen molar-refractivity contribution in [1.29, 1.82) is 0 Å². The molecule has 0 aliphatic carbocycles. The minimum atomic E-state index is -0.0718. The average Bonchev–Trinajstić information content (AvgIpc) is 3.03. The van der Waals surface area contributed by atoms with E-state index in [1.165, 1.54) is 0 Å². The Balaban J connectivity index is 1.59. The predicted octanol–water partition coefficient (Wildman–Crippen LogP) is 2.94. The fraction of sp³-hybridized carbons (Fsp3) is 0.222. The first-order valence-corrected chi connectivity index (χ1v) is 7.74. The summed E-state index contributed by atoms with van der Waals surface area (Å²) in [6.07, 6.45) is 5.21. The van der Waals surface area contributed by atoms with Crippen molar-refractivity contribution in [2.45, 2.75) is 19.4 Å². The lowest BCUT2D eigenvalue weighted by Crippen LogP contribution is -2.30. The van der Waals surface area contributed by atoms with Gasteiger partial charge in [-0.2, -0.15) is 0 Å². The molecule has 116 valence electrons. The maximum absolute atomic E-state index is 12.6. The number of aromatic hydroxyl groups is 1. The number of benzene rings is 2. The summed E-state index contributed by atoms with van der Waals surface area (Å²) >= 11 is 0. The van der Waals surface area contributed by atoms with Crippen LogP contribution in [0.25, 0.3) is 10.8 Å². The van der Waals surface area contributed by atoms with Gasteiger partial charge in [0.1, 0.15) is 11.6 Å². The first kappa shape index (κ1) is 13.8. The van der Waals surface area contributed by atoms with Crippen LogP contribution in [0.5, 0.6) is 5.75 Å². The summed E-state index contributed by atoms with van der Waals surface area (Å²) in [5, 5.41) is 14.5. The van der Waals surface area contributed by atoms with Gasteiger partial charge in [0, 0.05) is 47.7 Å². The minimum Gasteiger partial charge on any atom is -0.507 e. The van der Waals surface area contributed by atoms with Gasteiger partial charge in [0.15, 0.2) is 0 Å². The number of nitrogens with zero attached hydrogens (tertiary/aromatic N) is 2. The summed E-state index contributed by atoms with van der Waals surface area (Å²) in [6.45, 7) is 0.823. The summed E-state index contributed by atoms with van der Waals surface area (Å²) in [7, 11) is 0. The van der Waals surface area contributed by atoms with Crippen LogP contribution in [-0.4, -0.2) is 20.6 Å². The van der Waals surface area contributed by atoms with Gasteiger partial charge in [-0.3, -0.25) is 4.79 Å². The Morgan fingerprint density at radius 1 is 1.22 bits per heavy atom. The van der Waals surface area contributed by atoms with Gasteiger partial charge < -0.3 is 15.0 Å². The highest BCUT2D eigenvalue weighted by Crippen LogP contribution is 2.30. The third-order valence-electron chi connectivity index (χ3n) is 4.48. The minimum absolute atomic E-state index is 0.00935. The second kappa shape index (κ2) is 5.43. The second-order valence-electron chi connectivity index (χ2n) is 5.89. The molecule has 1 unspecified atom stereocenters. The van der Waals surface area contributed by atoms with Gasteiger partial charge in [-0.1, -0.05) is 24.3 Å². The van der Waals surface area contributed by atoms with E-state index in [0.29, 0.717) is 6.42 Å². The smallest absolute Gasteiger partial charge is 0.228 e. The molecule has 0 saturated heterocycles. The number of phenolic OH excluding ortho intramolecular Hbond substituents is 1. The molecule has 1 aliphatic heterocycles. The number of anilines is 1. The van der Waals surface area contributed by atoms with Crippen LogP contribution in [0.2, 0.25) is 0 Å². The molecule has 2 aromatic carbocycles. The van der Waals surface area contributed by atoms with Crippen LogP contribution in [-0.2, 0) is 17.8 Å².